The quantitative estimate of drug-likeness (QED) is 0.171. The largest absolute Gasteiger partial charge is 0.172 e. The van der Waals surface area contributed by atoms with Crippen LogP contribution in [0.1, 0.15) is 51.3 Å². The fourth-order valence-electron chi connectivity index (χ4n) is 5.61. The number of fused-ring (bicyclic) bond motifs is 7. The Bertz CT molecular complexity index is 2350. The van der Waals surface area contributed by atoms with Crippen molar-refractivity contribution in [2.75, 3.05) is 6.26 Å². The average molecular weight is 703 g/mol. The zero-order valence-corrected chi connectivity index (χ0v) is 31.2. The van der Waals surface area contributed by atoms with Gasteiger partial charge in [-0.2, -0.15) is 8.75 Å². The summed E-state index contributed by atoms with van der Waals surface area (Å²) in [5.41, 5.74) is 4.63. The highest BCUT2D eigenvalue weighted by atomic mass is 32.2. The predicted octanol–water partition coefficient (Wildman–Crippen LogP) is 13.8. The van der Waals surface area contributed by atoms with Crippen LogP contribution >= 0.6 is 80.2 Å². The number of thioether (sulfide) groups is 1. The molecule has 0 bridgehead atoms. The van der Waals surface area contributed by atoms with E-state index in [9.17, 15) is 0 Å². The minimum absolute atomic E-state index is 0.133. The predicted molar refractivity (Wildman–Crippen MR) is 205 cm³/mol. The first-order chi connectivity index (χ1) is 21.0. The molecule has 0 saturated carbocycles. The van der Waals surface area contributed by atoms with E-state index >= 15 is 0 Å². The lowest BCUT2D eigenvalue weighted by atomic mass is 9.94. The first kappa shape index (κ1) is 29.3. The molecule has 0 aliphatic carbocycles. The molecule has 8 aromatic rings. The summed E-state index contributed by atoms with van der Waals surface area (Å²) in [6.07, 6.45) is 2.18. The summed E-state index contributed by atoms with van der Waals surface area (Å²) in [6, 6.07) is 20.9. The third-order valence-corrected chi connectivity index (χ3v) is 16.5. The van der Waals surface area contributed by atoms with Crippen molar-refractivity contribution < 1.29 is 0 Å². The number of nitrogens with zero attached hydrogens (tertiary/aromatic N) is 2. The molecule has 0 radical (unpaired) electrons. The van der Waals surface area contributed by atoms with Crippen molar-refractivity contribution >= 4 is 121 Å². The summed E-state index contributed by atoms with van der Waals surface area (Å²) in [7, 11) is 0. The number of rotatable bonds is 4. The van der Waals surface area contributed by atoms with Gasteiger partial charge in [-0.3, -0.25) is 0 Å². The third kappa shape index (κ3) is 4.73. The van der Waals surface area contributed by atoms with Gasteiger partial charge in [-0.1, -0.05) is 53.7 Å². The second-order valence-corrected chi connectivity index (χ2v) is 20.1. The molecule has 0 atom stereocenters. The normalized spacial score (nSPS) is 13.0. The average Bonchev–Trinajstić information content (AvgIpc) is 3.79. The highest BCUT2D eigenvalue weighted by Crippen LogP contribution is 2.51. The highest BCUT2D eigenvalue weighted by molar-refractivity contribution is 8.00. The van der Waals surface area contributed by atoms with Gasteiger partial charge in [-0.15, -0.1) is 68.4 Å². The molecule has 0 spiro atoms. The second kappa shape index (κ2) is 10.5. The van der Waals surface area contributed by atoms with E-state index < -0.39 is 0 Å². The molecule has 222 valence electrons. The van der Waals surface area contributed by atoms with E-state index in [0.29, 0.717) is 0 Å². The summed E-state index contributed by atoms with van der Waals surface area (Å²) in [5.74, 6) is 0. The van der Waals surface area contributed by atoms with Crippen LogP contribution in [-0.2, 0) is 10.8 Å². The van der Waals surface area contributed by atoms with Crippen LogP contribution in [0.4, 0.5) is 0 Å². The van der Waals surface area contributed by atoms with Gasteiger partial charge in [0.25, 0.3) is 0 Å². The van der Waals surface area contributed by atoms with E-state index in [0.717, 1.165) is 11.0 Å². The number of hydrogen-bond donors (Lipinski definition) is 0. The SMILES string of the molecule is CSc1cc2c3cc(-c4ccc(-c5ccc(-c6ccc(C(C)(C)C)s6)c6nsnc56)s4)sc3c3sc(C(C)(C)C)cc3c2s1. The Morgan fingerprint density at radius 2 is 1.14 bits per heavy atom. The van der Waals surface area contributed by atoms with Crippen molar-refractivity contribution in [3.63, 3.8) is 0 Å². The van der Waals surface area contributed by atoms with Gasteiger partial charge in [0.2, 0.25) is 0 Å². The molecule has 9 heteroatoms. The lowest BCUT2D eigenvalue weighted by Gasteiger charge is -2.15. The fourth-order valence-corrected chi connectivity index (χ4v) is 12.8. The molecule has 0 amide bonds. The fraction of sp³-hybridized carbons (Fsp3) is 0.257. The van der Waals surface area contributed by atoms with Crippen molar-refractivity contribution in [3.8, 4) is 30.6 Å². The van der Waals surface area contributed by atoms with E-state index in [2.05, 4.69) is 102 Å². The van der Waals surface area contributed by atoms with Crippen LogP contribution in [0, 0.1) is 0 Å². The zero-order valence-electron chi connectivity index (χ0n) is 25.4. The summed E-state index contributed by atoms with van der Waals surface area (Å²) in [5, 5.41) is 4.21. The van der Waals surface area contributed by atoms with E-state index in [4.69, 9.17) is 8.75 Å². The minimum atomic E-state index is 0.133. The third-order valence-electron chi connectivity index (χ3n) is 8.00. The van der Waals surface area contributed by atoms with Crippen LogP contribution in [0.3, 0.4) is 0 Å². The Kier molecular flexibility index (Phi) is 6.96. The molecule has 6 heterocycles. The number of benzene rings is 2. The molecule has 0 N–H and O–H groups in total. The van der Waals surface area contributed by atoms with Gasteiger partial charge in [0.05, 0.1) is 25.3 Å². The summed E-state index contributed by atoms with van der Waals surface area (Å²) >= 11 is 12.8. The highest BCUT2D eigenvalue weighted by Gasteiger charge is 2.24. The standard InChI is InChI=1S/C35H30N2S7/c1-34(2,3)26-13-12-23(40-26)18-9-8-17(29-30(18)37-44-36-29)22-10-11-24(39-22)25-14-19-20-16-28(38-7)43-31(20)21-15-27(35(4,5)6)42-33(21)32(19)41-25/h8-16H,1-7H3. The van der Waals surface area contributed by atoms with Crippen LogP contribution in [0.15, 0.2) is 58.8 Å². The van der Waals surface area contributed by atoms with Crippen molar-refractivity contribution in [1.29, 1.82) is 0 Å². The van der Waals surface area contributed by atoms with Gasteiger partial charge in [0, 0.05) is 61.2 Å². The Morgan fingerprint density at radius 1 is 0.523 bits per heavy atom. The van der Waals surface area contributed by atoms with E-state index in [1.54, 1.807) is 0 Å². The minimum Gasteiger partial charge on any atom is -0.172 e. The smallest absolute Gasteiger partial charge is 0.114 e. The Balaban J connectivity index is 1.24. The lowest BCUT2D eigenvalue weighted by Crippen LogP contribution is -2.07. The zero-order chi connectivity index (χ0) is 30.5. The molecule has 44 heavy (non-hydrogen) atoms. The molecule has 0 fully saturated rings. The van der Waals surface area contributed by atoms with Crippen LogP contribution in [0.2, 0.25) is 0 Å². The van der Waals surface area contributed by atoms with Gasteiger partial charge >= 0.3 is 0 Å². The molecular weight excluding hydrogens is 673 g/mol. The molecule has 2 aromatic carbocycles. The van der Waals surface area contributed by atoms with Crippen molar-refractivity contribution in [2.45, 2.75) is 56.6 Å². The Labute approximate surface area is 285 Å². The maximum Gasteiger partial charge on any atom is 0.114 e. The van der Waals surface area contributed by atoms with Gasteiger partial charge in [-0.05, 0) is 59.6 Å². The van der Waals surface area contributed by atoms with Gasteiger partial charge in [0.15, 0.2) is 0 Å². The number of hydrogen-bond acceptors (Lipinski definition) is 9. The van der Waals surface area contributed by atoms with Crippen molar-refractivity contribution in [1.82, 2.24) is 8.75 Å². The molecular formula is C35H30N2S7. The first-order valence-corrected chi connectivity index (χ1v) is 20.5. The molecule has 0 saturated heterocycles. The van der Waals surface area contributed by atoms with Gasteiger partial charge in [0.1, 0.15) is 11.0 Å². The summed E-state index contributed by atoms with van der Waals surface area (Å²) in [6.45, 7) is 13.8. The van der Waals surface area contributed by atoms with Gasteiger partial charge in [-0.25, -0.2) is 0 Å². The molecule has 6 aromatic heterocycles. The number of aromatic nitrogens is 2. The maximum atomic E-state index is 4.80. The van der Waals surface area contributed by atoms with Crippen LogP contribution in [0.5, 0.6) is 0 Å². The number of thiophene rings is 5. The second-order valence-electron chi connectivity index (χ2n) is 13.2. The first-order valence-electron chi connectivity index (χ1n) is 14.4. The van der Waals surface area contributed by atoms with Crippen LogP contribution in [-0.4, -0.2) is 15.0 Å². The lowest BCUT2D eigenvalue weighted by molar-refractivity contribution is 0.604. The van der Waals surface area contributed by atoms with Crippen LogP contribution in [0.25, 0.3) is 71.9 Å². The molecule has 8 rings (SSSR count). The van der Waals surface area contributed by atoms with E-state index in [1.165, 1.54) is 86.6 Å². The van der Waals surface area contributed by atoms with Crippen LogP contribution < -0.4 is 0 Å². The molecule has 0 aliphatic rings. The van der Waals surface area contributed by atoms with E-state index in [1.807, 2.05) is 68.4 Å². The molecule has 2 nitrogen and oxygen atoms in total. The Hall–Kier alpha value is -2.11. The summed E-state index contributed by atoms with van der Waals surface area (Å²) in [4.78, 5) is 7.99. The monoisotopic (exact) mass is 702 g/mol. The maximum absolute atomic E-state index is 4.80. The van der Waals surface area contributed by atoms with Gasteiger partial charge < -0.3 is 0 Å². The summed E-state index contributed by atoms with van der Waals surface area (Å²) < 4.78 is 15.2. The van der Waals surface area contributed by atoms with E-state index in [-0.39, 0.29) is 10.8 Å². The Morgan fingerprint density at radius 3 is 1.80 bits per heavy atom. The molecule has 0 unspecified atom stereocenters. The topological polar surface area (TPSA) is 25.8 Å². The molecule has 0 aliphatic heterocycles. The van der Waals surface area contributed by atoms with Crippen molar-refractivity contribution in [2.24, 2.45) is 0 Å². The van der Waals surface area contributed by atoms with Crippen molar-refractivity contribution in [3.05, 3.63) is 64.4 Å².